The lowest BCUT2D eigenvalue weighted by Gasteiger charge is -2.03. The van der Waals surface area contributed by atoms with E-state index in [9.17, 15) is 0 Å². The highest BCUT2D eigenvalue weighted by molar-refractivity contribution is 9.10. The number of anilines is 1. The van der Waals surface area contributed by atoms with Crippen LogP contribution in [0, 0.1) is 0 Å². The van der Waals surface area contributed by atoms with E-state index >= 15 is 0 Å². The fraction of sp³-hybridized carbons (Fsp3) is 0. The summed E-state index contributed by atoms with van der Waals surface area (Å²) in [5.74, 6) is 0.538. The van der Waals surface area contributed by atoms with Gasteiger partial charge in [-0.05, 0) is 29.5 Å². The van der Waals surface area contributed by atoms with Crippen molar-refractivity contribution in [2.75, 3.05) is 5.43 Å². The molecule has 2 aromatic carbocycles. The van der Waals surface area contributed by atoms with Gasteiger partial charge in [-0.2, -0.15) is 10.3 Å². The molecule has 0 spiro atoms. The number of aromatic amines is 1. The van der Waals surface area contributed by atoms with Crippen LogP contribution in [0.3, 0.4) is 0 Å². The van der Waals surface area contributed by atoms with E-state index in [4.69, 9.17) is 0 Å². The Morgan fingerprint density at radius 2 is 1.83 bits per heavy atom. The molecule has 1 heterocycles. The van der Waals surface area contributed by atoms with Crippen molar-refractivity contribution in [1.82, 2.24) is 20.6 Å². The molecule has 3 rings (SSSR count). The topological polar surface area (TPSA) is 104 Å². The van der Waals surface area contributed by atoms with Crippen LogP contribution >= 0.6 is 15.9 Å². The molecule has 114 valence electrons. The molecule has 8 nitrogen and oxygen atoms in total. The van der Waals surface area contributed by atoms with Gasteiger partial charge < -0.3 is 0 Å². The van der Waals surface area contributed by atoms with E-state index in [2.05, 4.69) is 57.3 Å². The number of benzene rings is 2. The van der Waals surface area contributed by atoms with Crippen LogP contribution in [0.2, 0.25) is 0 Å². The van der Waals surface area contributed by atoms with Gasteiger partial charge in [-0.15, -0.1) is 15.3 Å². The van der Waals surface area contributed by atoms with Crippen LogP contribution < -0.4 is 5.43 Å². The van der Waals surface area contributed by atoms with Crippen LogP contribution in [-0.4, -0.2) is 26.5 Å². The van der Waals surface area contributed by atoms with E-state index in [1.54, 1.807) is 0 Å². The average molecular weight is 371 g/mol. The van der Waals surface area contributed by atoms with Gasteiger partial charge in [0.25, 0.3) is 0 Å². The zero-order valence-corrected chi connectivity index (χ0v) is 13.3. The largest absolute Gasteiger partial charge is 0.307 e. The van der Waals surface area contributed by atoms with Crippen molar-refractivity contribution in [1.29, 1.82) is 0 Å². The van der Waals surface area contributed by atoms with Crippen LogP contribution in [0.25, 0.3) is 0 Å². The number of hydrogen-bond donors (Lipinski definition) is 2. The molecule has 0 fully saturated rings. The van der Waals surface area contributed by atoms with Gasteiger partial charge in [0.15, 0.2) is 0 Å². The lowest BCUT2D eigenvalue weighted by atomic mass is 10.2. The van der Waals surface area contributed by atoms with Gasteiger partial charge in [-0.3, -0.25) is 5.43 Å². The second-order valence-corrected chi connectivity index (χ2v) is 5.25. The monoisotopic (exact) mass is 370 g/mol. The number of aromatic nitrogens is 4. The number of rotatable bonds is 4. The first-order valence-corrected chi connectivity index (χ1v) is 7.40. The molecule has 0 aliphatic rings. The summed E-state index contributed by atoms with van der Waals surface area (Å²) in [6.07, 6.45) is 0. The van der Waals surface area contributed by atoms with Gasteiger partial charge in [-0.25, -0.2) is 0 Å². The average Bonchev–Trinajstić information content (AvgIpc) is 3.11. The van der Waals surface area contributed by atoms with E-state index in [1.807, 2.05) is 54.6 Å². The summed E-state index contributed by atoms with van der Waals surface area (Å²) in [5.41, 5.74) is 4.59. The molecule has 0 radical (unpaired) electrons. The summed E-state index contributed by atoms with van der Waals surface area (Å²) in [6.45, 7) is 0. The maximum Gasteiger partial charge on any atom is 0.307 e. The lowest BCUT2D eigenvalue weighted by molar-refractivity contribution is 0.881. The van der Waals surface area contributed by atoms with Crippen LogP contribution in [-0.2, 0) is 0 Å². The van der Waals surface area contributed by atoms with Crippen molar-refractivity contribution in [3.05, 3.63) is 64.6 Å². The summed E-state index contributed by atoms with van der Waals surface area (Å²) in [4.78, 5) is 0. The molecule has 0 aliphatic heterocycles. The zero-order valence-electron chi connectivity index (χ0n) is 11.8. The number of amidine groups is 1. The third kappa shape index (κ3) is 4.27. The maximum absolute atomic E-state index is 4.30. The van der Waals surface area contributed by atoms with E-state index < -0.39 is 0 Å². The highest BCUT2D eigenvalue weighted by Crippen LogP contribution is 2.14. The third-order valence-corrected chi connectivity index (χ3v) is 3.26. The van der Waals surface area contributed by atoms with Crippen molar-refractivity contribution in [3.8, 4) is 0 Å². The highest BCUT2D eigenvalue weighted by Gasteiger charge is 2.03. The lowest BCUT2D eigenvalue weighted by Crippen LogP contribution is -2.01. The Morgan fingerprint density at radius 1 is 1.04 bits per heavy atom. The molecule has 23 heavy (non-hydrogen) atoms. The minimum atomic E-state index is 0.136. The minimum Gasteiger partial charge on any atom is -0.276 e. The zero-order chi connectivity index (χ0) is 15.9. The van der Waals surface area contributed by atoms with Crippen molar-refractivity contribution >= 4 is 33.4 Å². The van der Waals surface area contributed by atoms with Crippen LogP contribution in [0.1, 0.15) is 5.56 Å². The Hall–Kier alpha value is -2.94. The number of azo groups is 1. The predicted molar refractivity (Wildman–Crippen MR) is 89.4 cm³/mol. The van der Waals surface area contributed by atoms with E-state index in [-0.39, 0.29) is 5.95 Å². The van der Waals surface area contributed by atoms with Gasteiger partial charge in [0.1, 0.15) is 0 Å². The first-order valence-electron chi connectivity index (χ1n) is 6.61. The van der Waals surface area contributed by atoms with E-state index in [0.717, 1.165) is 15.7 Å². The number of nitrogens with one attached hydrogen (secondary N) is 2. The molecule has 9 heteroatoms. The van der Waals surface area contributed by atoms with Crippen LogP contribution in [0.15, 0.2) is 74.4 Å². The molecular weight excluding hydrogens is 360 g/mol. The van der Waals surface area contributed by atoms with Crippen molar-refractivity contribution in [3.63, 3.8) is 0 Å². The van der Waals surface area contributed by atoms with E-state index in [1.165, 1.54) is 0 Å². The quantitative estimate of drug-likeness (QED) is 0.317. The molecule has 2 N–H and O–H groups in total. The van der Waals surface area contributed by atoms with Gasteiger partial charge in [0, 0.05) is 10.0 Å². The Bertz CT molecular complexity index is 797. The summed E-state index contributed by atoms with van der Waals surface area (Å²) in [6, 6.07) is 17.1. The first kappa shape index (κ1) is 15.0. The molecule has 3 aromatic rings. The van der Waals surface area contributed by atoms with Crippen LogP contribution in [0.5, 0.6) is 0 Å². The van der Waals surface area contributed by atoms with Crippen molar-refractivity contribution < 1.29 is 0 Å². The number of halogens is 1. The standard InChI is InChI=1S/C14H11BrN8/c15-11-6-8-12(9-7-11)16-17-13(10-4-2-1-3-5-10)18-19-14-20-22-23-21-14/h1-9,16H,(H,20,21,22,23). The first-order chi connectivity index (χ1) is 11.3. The Balaban J connectivity index is 1.85. The van der Waals surface area contributed by atoms with E-state index in [0.29, 0.717) is 5.84 Å². The molecule has 0 saturated heterocycles. The maximum atomic E-state index is 4.30. The minimum absolute atomic E-state index is 0.136. The number of tetrazole rings is 1. The Kier molecular flexibility index (Phi) is 4.79. The molecule has 0 bridgehead atoms. The summed E-state index contributed by atoms with van der Waals surface area (Å²) in [5, 5.41) is 25.5. The van der Waals surface area contributed by atoms with Crippen molar-refractivity contribution in [2.24, 2.45) is 15.3 Å². The smallest absolute Gasteiger partial charge is 0.276 e. The number of H-pyrrole nitrogens is 1. The molecule has 0 unspecified atom stereocenters. The summed E-state index contributed by atoms with van der Waals surface area (Å²) < 4.78 is 0.993. The van der Waals surface area contributed by atoms with Crippen LogP contribution in [0.4, 0.5) is 11.6 Å². The molecular formula is C14H11BrN8. The molecule has 0 saturated carbocycles. The number of nitrogens with zero attached hydrogens (tertiary/aromatic N) is 6. The molecule has 0 amide bonds. The molecule has 1 aromatic heterocycles. The summed E-state index contributed by atoms with van der Waals surface area (Å²) >= 11 is 3.39. The number of hydrogen-bond acceptors (Lipinski definition) is 6. The van der Waals surface area contributed by atoms with Gasteiger partial charge >= 0.3 is 5.95 Å². The Morgan fingerprint density at radius 3 is 2.52 bits per heavy atom. The SMILES string of the molecule is Brc1ccc(NN=C(N=Nc2nn[nH]n2)c2ccccc2)cc1. The third-order valence-electron chi connectivity index (χ3n) is 2.74. The summed E-state index contributed by atoms with van der Waals surface area (Å²) in [7, 11) is 0. The second kappa shape index (κ2) is 7.36. The normalized spacial score (nSPS) is 11.8. The second-order valence-electron chi connectivity index (χ2n) is 4.33. The highest BCUT2D eigenvalue weighted by atomic mass is 79.9. The van der Waals surface area contributed by atoms with Gasteiger partial charge in [0.2, 0.25) is 5.84 Å². The fourth-order valence-corrected chi connectivity index (χ4v) is 1.93. The van der Waals surface area contributed by atoms with Crippen molar-refractivity contribution in [2.45, 2.75) is 0 Å². The fourth-order valence-electron chi connectivity index (χ4n) is 1.66. The predicted octanol–water partition coefficient (Wildman–Crippen LogP) is 3.52. The molecule has 0 aliphatic carbocycles. The number of hydrazone groups is 1. The Labute approximate surface area is 139 Å². The van der Waals surface area contributed by atoms with Gasteiger partial charge in [-0.1, -0.05) is 51.4 Å². The molecule has 0 atom stereocenters. The van der Waals surface area contributed by atoms with Gasteiger partial charge in [0.05, 0.1) is 5.69 Å².